The van der Waals surface area contributed by atoms with Crippen LogP contribution in [0.3, 0.4) is 0 Å². The Balaban J connectivity index is 2.43. The third-order valence-corrected chi connectivity index (χ3v) is 3.44. The minimum Gasteiger partial charge on any atom is -0.449 e. The van der Waals surface area contributed by atoms with Gasteiger partial charge in [-0.15, -0.1) is 0 Å². The molecule has 0 saturated carbocycles. The Morgan fingerprint density at radius 1 is 1.33 bits per heavy atom. The molecule has 18 heavy (non-hydrogen) atoms. The van der Waals surface area contributed by atoms with Crippen LogP contribution in [-0.4, -0.2) is 43.6 Å². The van der Waals surface area contributed by atoms with Gasteiger partial charge < -0.3 is 15.0 Å². The Bertz CT molecular complexity index is 307. The van der Waals surface area contributed by atoms with Crippen molar-refractivity contribution in [3.05, 3.63) is 0 Å². The summed E-state index contributed by atoms with van der Waals surface area (Å²) in [6.45, 7) is 7.57. The van der Waals surface area contributed by atoms with Gasteiger partial charge in [0.15, 0.2) is 0 Å². The Kier molecular flexibility index (Phi) is 4.99. The molecule has 104 valence electrons. The smallest absolute Gasteiger partial charge is 0.409 e. The first-order valence-electron chi connectivity index (χ1n) is 6.53. The van der Waals surface area contributed by atoms with Crippen LogP contribution in [-0.2, 0) is 9.53 Å². The molecule has 0 aromatic rings. The highest BCUT2D eigenvalue weighted by molar-refractivity contribution is 5.82. The lowest BCUT2D eigenvalue weighted by Gasteiger charge is -2.37. The fraction of sp³-hybridized carbons (Fsp3) is 0.846. The van der Waals surface area contributed by atoms with E-state index in [-0.39, 0.29) is 17.4 Å². The number of piperidine rings is 1. The molecular formula is C13H24N2O3. The lowest BCUT2D eigenvalue weighted by Crippen LogP contribution is -2.48. The van der Waals surface area contributed by atoms with Crippen LogP contribution in [0.25, 0.3) is 0 Å². The van der Waals surface area contributed by atoms with Gasteiger partial charge in [-0.25, -0.2) is 4.79 Å². The molecule has 0 bridgehead atoms. The van der Waals surface area contributed by atoms with Crippen LogP contribution >= 0.6 is 0 Å². The van der Waals surface area contributed by atoms with Gasteiger partial charge in [0.05, 0.1) is 6.61 Å². The van der Waals surface area contributed by atoms with Crippen molar-refractivity contribution < 1.29 is 14.3 Å². The first-order valence-corrected chi connectivity index (χ1v) is 6.53. The third-order valence-electron chi connectivity index (χ3n) is 3.44. The molecule has 1 fully saturated rings. The number of nitrogens with zero attached hydrogens (tertiary/aromatic N) is 1. The normalized spacial score (nSPS) is 18.6. The summed E-state index contributed by atoms with van der Waals surface area (Å²) in [5.41, 5.74) is -0.358. The molecule has 1 aliphatic rings. The van der Waals surface area contributed by atoms with E-state index in [1.165, 1.54) is 0 Å². The van der Waals surface area contributed by atoms with Crippen molar-refractivity contribution in [3.8, 4) is 0 Å². The van der Waals surface area contributed by atoms with E-state index in [1.807, 2.05) is 20.8 Å². The van der Waals surface area contributed by atoms with Gasteiger partial charge in [0.1, 0.15) is 0 Å². The Morgan fingerprint density at radius 2 is 1.89 bits per heavy atom. The van der Waals surface area contributed by atoms with Crippen molar-refractivity contribution in [2.45, 2.75) is 33.6 Å². The van der Waals surface area contributed by atoms with Crippen molar-refractivity contribution in [3.63, 3.8) is 0 Å². The molecule has 0 spiro atoms. The maximum Gasteiger partial charge on any atom is 0.409 e. The summed E-state index contributed by atoms with van der Waals surface area (Å²) in [6.07, 6.45) is 1.11. The van der Waals surface area contributed by atoms with Gasteiger partial charge in [-0.3, -0.25) is 4.79 Å². The summed E-state index contributed by atoms with van der Waals surface area (Å²) in [5.74, 6) is 0.396. The number of amides is 2. The minimum absolute atomic E-state index is 0.0534. The number of carbonyl (C=O) groups is 2. The largest absolute Gasteiger partial charge is 0.449 e. The maximum atomic E-state index is 11.8. The van der Waals surface area contributed by atoms with Crippen LogP contribution in [0.5, 0.6) is 0 Å². The highest BCUT2D eigenvalue weighted by Crippen LogP contribution is 2.31. The number of rotatable bonds is 3. The third kappa shape index (κ3) is 3.62. The molecule has 1 heterocycles. The van der Waals surface area contributed by atoms with E-state index in [1.54, 1.807) is 11.9 Å². The Hall–Kier alpha value is -1.26. The van der Waals surface area contributed by atoms with Crippen LogP contribution in [0, 0.1) is 11.3 Å². The van der Waals surface area contributed by atoms with E-state index < -0.39 is 0 Å². The van der Waals surface area contributed by atoms with Crippen molar-refractivity contribution in [2.75, 3.05) is 26.7 Å². The van der Waals surface area contributed by atoms with Crippen molar-refractivity contribution in [1.82, 2.24) is 10.2 Å². The van der Waals surface area contributed by atoms with Gasteiger partial charge in [0, 0.05) is 25.6 Å². The van der Waals surface area contributed by atoms with E-state index in [4.69, 9.17) is 4.74 Å². The van der Waals surface area contributed by atoms with Crippen molar-refractivity contribution in [1.29, 1.82) is 0 Å². The van der Waals surface area contributed by atoms with Crippen LogP contribution in [0.1, 0.15) is 33.6 Å². The number of ether oxygens (including phenoxy) is 1. The second-order valence-corrected chi connectivity index (χ2v) is 5.60. The summed E-state index contributed by atoms with van der Waals surface area (Å²) < 4.78 is 5.18. The second-order valence-electron chi connectivity index (χ2n) is 5.60. The Labute approximate surface area is 109 Å². The zero-order valence-corrected chi connectivity index (χ0v) is 11.8. The number of hydrogen-bond acceptors (Lipinski definition) is 3. The van der Waals surface area contributed by atoms with Crippen molar-refractivity contribution >= 4 is 12.0 Å². The van der Waals surface area contributed by atoms with Crippen molar-refractivity contribution in [2.24, 2.45) is 11.3 Å². The van der Waals surface area contributed by atoms with E-state index in [2.05, 4.69) is 5.32 Å². The average molecular weight is 256 g/mol. The van der Waals surface area contributed by atoms with Crippen LogP contribution < -0.4 is 5.32 Å². The zero-order valence-electron chi connectivity index (χ0n) is 11.8. The first-order chi connectivity index (χ1) is 8.39. The molecular weight excluding hydrogens is 232 g/mol. The number of hydrogen-bond donors (Lipinski definition) is 1. The summed E-state index contributed by atoms with van der Waals surface area (Å²) in [4.78, 5) is 25.2. The second kappa shape index (κ2) is 6.07. The van der Waals surface area contributed by atoms with E-state index in [0.717, 1.165) is 0 Å². The summed E-state index contributed by atoms with van der Waals surface area (Å²) in [5, 5.41) is 2.69. The first kappa shape index (κ1) is 14.8. The molecule has 0 radical (unpaired) electrons. The topological polar surface area (TPSA) is 58.6 Å². The fourth-order valence-electron chi connectivity index (χ4n) is 2.04. The van der Waals surface area contributed by atoms with Crippen LogP contribution in [0.15, 0.2) is 0 Å². The van der Waals surface area contributed by atoms with E-state index in [9.17, 15) is 9.59 Å². The average Bonchev–Trinajstić information content (AvgIpc) is 2.35. The molecule has 0 aliphatic carbocycles. The summed E-state index contributed by atoms with van der Waals surface area (Å²) in [7, 11) is 1.65. The van der Waals surface area contributed by atoms with Crippen LogP contribution in [0.4, 0.5) is 4.79 Å². The van der Waals surface area contributed by atoms with Gasteiger partial charge in [-0.2, -0.15) is 0 Å². The highest BCUT2D eigenvalue weighted by Gasteiger charge is 2.37. The van der Waals surface area contributed by atoms with Gasteiger partial charge in [-0.05, 0) is 18.8 Å². The number of likely N-dealkylation sites (tertiary alicyclic amines) is 1. The van der Waals surface area contributed by atoms with Gasteiger partial charge >= 0.3 is 6.09 Å². The monoisotopic (exact) mass is 256 g/mol. The van der Waals surface area contributed by atoms with Crippen LogP contribution in [0.2, 0.25) is 0 Å². The molecule has 0 aromatic carbocycles. The minimum atomic E-state index is -0.358. The summed E-state index contributed by atoms with van der Waals surface area (Å²) in [6, 6.07) is 0. The molecule has 5 heteroatoms. The molecule has 1 N–H and O–H groups in total. The molecule has 2 amide bonds. The molecule has 1 aliphatic heterocycles. The van der Waals surface area contributed by atoms with Gasteiger partial charge in [-0.1, -0.05) is 20.8 Å². The van der Waals surface area contributed by atoms with E-state index in [0.29, 0.717) is 38.5 Å². The number of nitrogens with one attached hydrogen (secondary N) is 1. The SMILES string of the molecule is CNC(=O)C1(C)CCN(C(=O)OCC(C)C)CC1. The van der Waals surface area contributed by atoms with Gasteiger partial charge in [0.2, 0.25) is 5.91 Å². The predicted molar refractivity (Wildman–Crippen MR) is 69.2 cm³/mol. The standard InChI is InChI=1S/C13H24N2O3/c1-10(2)9-18-12(17)15-7-5-13(3,6-8-15)11(16)14-4/h10H,5-9H2,1-4H3,(H,14,16). The molecule has 5 nitrogen and oxygen atoms in total. The highest BCUT2D eigenvalue weighted by atomic mass is 16.6. The van der Waals surface area contributed by atoms with Gasteiger partial charge in [0.25, 0.3) is 0 Å². The molecule has 1 rings (SSSR count). The summed E-state index contributed by atoms with van der Waals surface area (Å²) >= 11 is 0. The maximum absolute atomic E-state index is 11.8. The predicted octanol–water partition coefficient (Wildman–Crippen LogP) is 1.63. The lowest BCUT2D eigenvalue weighted by molar-refractivity contribution is -0.132. The lowest BCUT2D eigenvalue weighted by atomic mass is 9.79. The molecule has 1 saturated heterocycles. The zero-order chi connectivity index (χ0) is 13.8. The molecule has 0 unspecified atom stereocenters. The Morgan fingerprint density at radius 3 is 2.33 bits per heavy atom. The number of carbonyl (C=O) groups excluding carboxylic acids is 2. The quantitative estimate of drug-likeness (QED) is 0.835. The molecule has 0 atom stereocenters. The molecule has 0 aromatic heterocycles. The fourth-order valence-corrected chi connectivity index (χ4v) is 2.04. The van der Waals surface area contributed by atoms with E-state index >= 15 is 0 Å².